The lowest BCUT2D eigenvalue weighted by Crippen LogP contribution is -2.35. The third-order valence-electron chi connectivity index (χ3n) is 4.31. The topological polar surface area (TPSA) is 84.0 Å². The fourth-order valence-electron chi connectivity index (χ4n) is 2.82. The van der Waals surface area contributed by atoms with E-state index in [1.807, 2.05) is 19.9 Å². The van der Waals surface area contributed by atoms with Gasteiger partial charge in [-0.25, -0.2) is 9.78 Å². The first-order valence-corrected chi connectivity index (χ1v) is 10.4. The van der Waals surface area contributed by atoms with Crippen LogP contribution in [0.4, 0.5) is 10.6 Å². The van der Waals surface area contributed by atoms with Crippen molar-refractivity contribution < 1.29 is 9.59 Å². The second kappa shape index (κ2) is 9.55. The summed E-state index contributed by atoms with van der Waals surface area (Å²) in [4.78, 5) is 33.1. The number of benzene rings is 2. The molecule has 0 aliphatic rings. The number of aromatic nitrogens is 2. The molecule has 0 bridgehead atoms. The number of carbonyl (C=O) groups excluding carboxylic acids is 2. The lowest BCUT2D eigenvalue weighted by molar-refractivity contribution is 0.0967. The molecular weight excluding hydrogens is 491 g/mol. The minimum atomic E-state index is -0.778. The molecule has 0 unspecified atom stereocenters. The van der Waals surface area contributed by atoms with Crippen molar-refractivity contribution in [2.24, 2.45) is 0 Å². The number of rotatable bonds is 4. The van der Waals surface area contributed by atoms with E-state index >= 15 is 0 Å². The minimum Gasteiger partial charge on any atom is -0.291 e. The Morgan fingerprint density at radius 2 is 1.80 bits per heavy atom. The van der Waals surface area contributed by atoms with Crippen LogP contribution in [0.3, 0.4) is 0 Å². The van der Waals surface area contributed by atoms with Crippen molar-refractivity contribution in [2.75, 3.05) is 5.32 Å². The number of halogens is 3. The number of urea groups is 1. The number of anilines is 1. The number of nitrogens with zero attached hydrogens (tertiary/aromatic N) is 2. The zero-order valence-electron chi connectivity index (χ0n) is 16.1. The quantitative estimate of drug-likeness (QED) is 0.473. The highest BCUT2D eigenvalue weighted by molar-refractivity contribution is 9.10. The van der Waals surface area contributed by atoms with Gasteiger partial charge >= 0.3 is 6.03 Å². The van der Waals surface area contributed by atoms with E-state index in [0.717, 1.165) is 11.3 Å². The molecule has 3 amide bonds. The lowest BCUT2D eigenvalue weighted by atomic mass is 10.0. The molecule has 0 radical (unpaired) electrons. The number of nitrogens with one attached hydrogen (secondary N) is 2. The number of carbonyl (C=O) groups is 2. The van der Waals surface area contributed by atoms with Gasteiger partial charge in [-0.1, -0.05) is 53.0 Å². The summed E-state index contributed by atoms with van der Waals surface area (Å²) in [7, 11) is 0. The third-order valence-corrected chi connectivity index (χ3v) is 5.58. The summed E-state index contributed by atoms with van der Waals surface area (Å²) >= 11 is 15.4. The fraction of sp³-hybridized carbons (Fsp3) is 0.143. The molecule has 30 heavy (non-hydrogen) atoms. The van der Waals surface area contributed by atoms with Crippen molar-refractivity contribution in [1.29, 1.82) is 0 Å². The predicted molar refractivity (Wildman–Crippen MR) is 121 cm³/mol. The van der Waals surface area contributed by atoms with Crippen molar-refractivity contribution in [3.8, 4) is 0 Å². The Balaban J connectivity index is 1.68. The zero-order valence-corrected chi connectivity index (χ0v) is 19.2. The normalized spacial score (nSPS) is 10.6. The zero-order chi connectivity index (χ0) is 21.8. The Hall–Kier alpha value is -2.48. The third kappa shape index (κ3) is 5.36. The maximum absolute atomic E-state index is 12.3. The summed E-state index contributed by atoms with van der Waals surface area (Å²) in [5, 5.41) is 4.93. The average molecular weight is 508 g/mol. The summed E-state index contributed by atoms with van der Waals surface area (Å²) < 4.78 is 0.501. The molecule has 0 fully saturated rings. The van der Waals surface area contributed by atoms with Crippen LogP contribution < -0.4 is 10.6 Å². The molecule has 0 saturated heterocycles. The van der Waals surface area contributed by atoms with Crippen LogP contribution in [-0.2, 0) is 6.42 Å². The Kier molecular flexibility index (Phi) is 7.07. The van der Waals surface area contributed by atoms with Gasteiger partial charge in [-0.3, -0.25) is 20.4 Å². The van der Waals surface area contributed by atoms with Crippen molar-refractivity contribution in [3.05, 3.63) is 85.2 Å². The molecule has 2 N–H and O–H groups in total. The molecule has 0 atom stereocenters. The van der Waals surface area contributed by atoms with E-state index in [1.165, 1.54) is 29.5 Å². The second-order valence-electron chi connectivity index (χ2n) is 6.60. The molecule has 3 rings (SSSR count). The molecule has 2 aromatic carbocycles. The average Bonchev–Trinajstić information content (AvgIpc) is 2.65. The molecular formula is C21H17BrCl2N4O2. The van der Waals surface area contributed by atoms with E-state index in [2.05, 4.69) is 48.7 Å². The Morgan fingerprint density at radius 1 is 1.10 bits per heavy atom. The molecule has 0 saturated carbocycles. The van der Waals surface area contributed by atoms with Crippen LogP contribution in [0.15, 0.2) is 47.2 Å². The van der Waals surface area contributed by atoms with Crippen LogP contribution in [0, 0.1) is 13.8 Å². The Bertz CT molecular complexity index is 1120. The van der Waals surface area contributed by atoms with Gasteiger partial charge in [0.1, 0.15) is 4.60 Å². The highest BCUT2D eigenvalue weighted by atomic mass is 79.9. The van der Waals surface area contributed by atoms with Crippen molar-refractivity contribution in [2.45, 2.75) is 20.3 Å². The molecule has 0 aliphatic carbocycles. The predicted octanol–water partition coefficient (Wildman–Crippen LogP) is 5.72. The summed E-state index contributed by atoms with van der Waals surface area (Å²) in [6.45, 7) is 4.09. The number of aryl methyl sites for hydroxylation is 2. The monoisotopic (exact) mass is 506 g/mol. The Labute approximate surface area is 192 Å². The van der Waals surface area contributed by atoms with E-state index in [-0.39, 0.29) is 21.4 Å². The van der Waals surface area contributed by atoms with Gasteiger partial charge in [0.15, 0.2) is 5.82 Å². The maximum Gasteiger partial charge on any atom is 0.327 e. The standard InChI is InChI=1S/C21H17BrCl2N4O2/c1-11-6-7-13(12(2)8-11)9-16-19(22)26-17(10-25-16)27-21(30)28-20(29)18-14(23)4-3-5-15(18)24/h3-8,10H,9H2,1-2H3,(H2,26,27,28,29,30). The molecule has 1 heterocycles. The molecule has 0 aliphatic heterocycles. The summed E-state index contributed by atoms with van der Waals surface area (Å²) in [6.07, 6.45) is 2.02. The fourth-order valence-corrected chi connectivity index (χ4v) is 3.83. The van der Waals surface area contributed by atoms with Crippen LogP contribution in [0.25, 0.3) is 0 Å². The molecule has 6 nitrogen and oxygen atoms in total. The molecule has 154 valence electrons. The van der Waals surface area contributed by atoms with Gasteiger partial charge < -0.3 is 0 Å². The van der Waals surface area contributed by atoms with Gasteiger partial charge in [-0.2, -0.15) is 0 Å². The van der Waals surface area contributed by atoms with Crippen LogP contribution in [0.1, 0.15) is 32.7 Å². The Morgan fingerprint density at radius 3 is 2.43 bits per heavy atom. The van der Waals surface area contributed by atoms with Gasteiger partial charge in [0.2, 0.25) is 0 Å². The first-order chi connectivity index (χ1) is 14.2. The summed E-state index contributed by atoms with van der Waals surface area (Å²) in [5.41, 5.74) is 4.25. The summed E-state index contributed by atoms with van der Waals surface area (Å²) in [5.74, 6) is -0.539. The highest BCUT2D eigenvalue weighted by Gasteiger charge is 2.18. The van der Waals surface area contributed by atoms with E-state index < -0.39 is 11.9 Å². The van der Waals surface area contributed by atoms with E-state index in [4.69, 9.17) is 23.2 Å². The van der Waals surface area contributed by atoms with Gasteiger partial charge in [0.05, 0.1) is 27.5 Å². The van der Waals surface area contributed by atoms with Crippen LogP contribution in [-0.4, -0.2) is 21.9 Å². The van der Waals surface area contributed by atoms with Crippen LogP contribution >= 0.6 is 39.1 Å². The van der Waals surface area contributed by atoms with Gasteiger partial charge in [0.25, 0.3) is 5.91 Å². The van der Waals surface area contributed by atoms with Crippen molar-refractivity contribution >= 4 is 56.9 Å². The number of imide groups is 1. The van der Waals surface area contributed by atoms with Gasteiger partial charge in [-0.15, -0.1) is 0 Å². The smallest absolute Gasteiger partial charge is 0.291 e. The van der Waals surface area contributed by atoms with E-state index in [9.17, 15) is 9.59 Å². The van der Waals surface area contributed by atoms with Gasteiger partial charge in [-0.05, 0) is 53.0 Å². The van der Waals surface area contributed by atoms with Crippen LogP contribution in [0.2, 0.25) is 10.0 Å². The van der Waals surface area contributed by atoms with Gasteiger partial charge in [0, 0.05) is 6.42 Å². The SMILES string of the molecule is Cc1ccc(Cc2ncc(NC(=O)NC(=O)c3c(Cl)cccc3Cl)nc2Br)c(C)c1. The van der Waals surface area contributed by atoms with Crippen molar-refractivity contribution in [1.82, 2.24) is 15.3 Å². The minimum absolute atomic E-state index is 0.0204. The van der Waals surface area contributed by atoms with Crippen molar-refractivity contribution in [3.63, 3.8) is 0 Å². The number of hydrogen-bond donors (Lipinski definition) is 2. The number of hydrogen-bond acceptors (Lipinski definition) is 4. The maximum atomic E-state index is 12.3. The molecule has 1 aromatic heterocycles. The molecule has 9 heteroatoms. The van der Waals surface area contributed by atoms with Crippen LogP contribution in [0.5, 0.6) is 0 Å². The second-order valence-corrected chi connectivity index (χ2v) is 8.17. The molecule has 3 aromatic rings. The molecule has 0 spiro atoms. The number of amides is 3. The van der Waals surface area contributed by atoms with E-state index in [1.54, 1.807) is 6.07 Å². The van der Waals surface area contributed by atoms with E-state index in [0.29, 0.717) is 11.0 Å². The summed E-state index contributed by atoms with van der Waals surface area (Å²) in [6, 6.07) is 10.1. The first kappa shape index (κ1) is 22.2. The largest absolute Gasteiger partial charge is 0.327 e. The first-order valence-electron chi connectivity index (χ1n) is 8.88. The lowest BCUT2D eigenvalue weighted by Gasteiger charge is -2.10. The highest BCUT2D eigenvalue weighted by Crippen LogP contribution is 2.24.